The van der Waals surface area contributed by atoms with Gasteiger partial charge in [0.15, 0.2) is 5.65 Å². The predicted octanol–water partition coefficient (Wildman–Crippen LogP) is 2.76. The molecule has 0 bridgehead atoms. The Bertz CT molecular complexity index is 919. The summed E-state index contributed by atoms with van der Waals surface area (Å²) in [4.78, 5) is 19.4. The monoisotopic (exact) mass is 438 g/mol. The molecule has 2 aromatic heterocycles. The van der Waals surface area contributed by atoms with E-state index in [4.69, 9.17) is 0 Å². The molecule has 2 saturated heterocycles. The van der Waals surface area contributed by atoms with Crippen molar-refractivity contribution in [3.8, 4) is 0 Å². The number of anilines is 1. The molecule has 2 aliphatic heterocycles. The molecule has 0 aromatic carbocycles. The summed E-state index contributed by atoms with van der Waals surface area (Å²) in [6.07, 6.45) is -1.83. The number of piperazine rings is 1. The third kappa shape index (κ3) is 4.78. The molecule has 0 spiro atoms. The SMILES string of the molecule is CC(C)CN1CCN(C(=O)C2CCCN(c3nnc4ccc(C(F)(F)F)cn34)C2)CC1. The lowest BCUT2D eigenvalue weighted by Crippen LogP contribution is -2.53. The van der Waals surface area contributed by atoms with E-state index in [-0.39, 0.29) is 11.8 Å². The quantitative estimate of drug-likeness (QED) is 0.735. The van der Waals surface area contributed by atoms with Gasteiger partial charge in [0.25, 0.3) is 0 Å². The molecule has 1 unspecified atom stereocenters. The van der Waals surface area contributed by atoms with Crippen molar-refractivity contribution in [2.24, 2.45) is 11.8 Å². The molecule has 2 aliphatic rings. The second kappa shape index (κ2) is 8.64. The number of piperidine rings is 1. The zero-order valence-electron chi connectivity index (χ0n) is 18.0. The first-order valence-corrected chi connectivity index (χ1v) is 10.9. The number of nitrogens with zero attached hydrogens (tertiary/aromatic N) is 6. The highest BCUT2D eigenvalue weighted by atomic mass is 19.4. The summed E-state index contributed by atoms with van der Waals surface area (Å²) in [5.74, 6) is 0.924. The first-order valence-electron chi connectivity index (χ1n) is 10.9. The van der Waals surface area contributed by atoms with Gasteiger partial charge in [-0.1, -0.05) is 13.8 Å². The van der Waals surface area contributed by atoms with Crippen LogP contribution in [-0.4, -0.2) is 76.1 Å². The number of pyridine rings is 1. The number of hydrogen-bond donors (Lipinski definition) is 0. The number of carbonyl (C=O) groups is 1. The molecule has 4 rings (SSSR count). The molecule has 0 N–H and O–H groups in total. The van der Waals surface area contributed by atoms with Crippen LogP contribution < -0.4 is 4.90 Å². The molecule has 1 amide bonds. The van der Waals surface area contributed by atoms with Crippen molar-refractivity contribution in [2.45, 2.75) is 32.9 Å². The van der Waals surface area contributed by atoms with Crippen LogP contribution in [0.4, 0.5) is 19.1 Å². The Morgan fingerprint density at radius 3 is 2.55 bits per heavy atom. The second-order valence-corrected chi connectivity index (χ2v) is 8.95. The van der Waals surface area contributed by atoms with E-state index < -0.39 is 11.7 Å². The molecule has 2 aromatic rings. The van der Waals surface area contributed by atoms with Gasteiger partial charge in [-0.2, -0.15) is 13.2 Å². The van der Waals surface area contributed by atoms with Crippen molar-refractivity contribution in [2.75, 3.05) is 50.7 Å². The van der Waals surface area contributed by atoms with Crippen LogP contribution in [0.25, 0.3) is 5.65 Å². The van der Waals surface area contributed by atoms with Crippen molar-refractivity contribution in [3.05, 3.63) is 23.9 Å². The number of aromatic nitrogens is 3. The Kier molecular flexibility index (Phi) is 6.09. The molecule has 1 atom stereocenters. The van der Waals surface area contributed by atoms with Crippen LogP contribution in [0.3, 0.4) is 0 Å². The Labute approximate surface area is 179 Å². The zero-order chi connectivity index (χ0) is 22.2. The smallest absolute Gasteiger partial charge is 0.340 e. The van der Waals surface area contributed by atoms with Crippen molar-refractivity contribution in [1.82, 2.24) is 24.4 Å². The Morgan fingerprint density at radius 2 is 1.87 bits per heavy atom. The predicted molar refractivity (Wildman–Crippen MR) is 111 cm³/mol. The van der Waals surface area contributed by atoms with Crippen molar-refractivity contribution in [1.29, 1.82) is 0 Å². The Hall–Kier alpha value is -2.36. The third-order valence-electron chi connectivity index (χ3n) is 6.07. The molecule has 4 heterocycles. The van der Waals surface area contributed by atoms with Gasteiger partial charge in [0.05, 0.1) is 11.5 Å². The van der Waals surface area contributed by atoms with Gasteiger partial charge in [-0.05, 0) is 30.9 Å². The Morgan fingerprint density at radius 1 is 1.13 bits per heavy atom. The number of hydrogen-bond acceptors (Lipinski definition) is 5. The van der Waals surface area contributed by atoms with E-state index in [2.05, 4.69) is 28.9 Å². The van der Waals surface area contributed by atoms with E-state index in [1.54, 1.807) is 0 Å². The molecular formula is C21H29F3N6O. The van der Waals surface area contributed by atoms with E-state index >= 15 is 0 Å². The Balaban J connectivity index is 1.45. The van der Waals surface area contributed by atoms with Gasteiger partial charge in [-0.25, -0.2) is 0 Å². The summed E-state index contributed by atoms with van der Waals surface area (Å²) in [5, 5.41) is 8.14. The molecule has 0 aliphatic carbocycles. The average molecular weight is 438 g/mol. The fourth-order valence-corrected chi connectivity index (χ4v) is 4.55. The van der Waals surface area contributed by atoms with Crippen molar-refractivity contribution < 1.29 is 18.0 Å². The molecule has 0 radical (unpaired) electrons. The first kappa shape index (κ1) is 21.9. The summed E-state index contributed by atoms with van der Waals surface area (Å²) in [6.45, 7) is 9.74. The van der Waals surface area contributed by atoms with Crippen LogP contribution in [0.15, 0.2) is 18.3 Å². The molecule has 0 saturated carbocycles. The van der Waals surface area contributed by atoms with Crippen LogP contribution in [0.5, 0.6) is 0 Å². The maximum atomic E-state index is 13.1. The highest BCUT2D eigenvalue weighted by Gasteiger charge is 2.34. The van der Waals surface area contributed by atoms with Gasteiger partial charge in [0.1, 0.15) is 0 Å². The minimum Gasteiger partial charge on any atom is -0.340 e. The summed E-state index contributed by atoms with van der Waals surface area (Å²) < 4.78 is 40.8. The maximum Gasteiger partial charge on any atom is 0.417 e. The standard InChI is InChI=1S/C21H29F3N6O/c1-15(2)12-27-8-10-28(11-9-27)19(31)16-4-3-7-29(13-16)20-26-25-18-6-5-17(14-30(18)20)21(22,23)24/h5-6,14-16H,3-4,7-13H2,1-2H3. The van der Waals surface area contributed by atoms with Gasteiger partial charge in [-0.3, -0.25) is 14.1 Å². The van der Waals surface area contributed by atoms with E-state index in [0.717, 1.165) is 57.8 Å². The zero-order valence-corrected chi connectivity index (χ0v) is 18.0. The first-order chi connectivity index (χ1) is 14.7. The normalized spacial score (nSPS) is 21.3. The van der Waals surface area contributed by atoms with Gasteiger partial charge in [0.2, 0.25) is 11.9 Å². The summed E-state index contributed by atoms with van der Waals surface area (Å²) in [7, 11) is 0. The van der Waals surface area contributed by atoms with E-state index in [1.165, 1.54) is 10.5 Å². The van der Waals surface area contributed by atoms with Gasteiger partial charge in [0, 0.05) is 52.0 Å². The van der Waals surface area contributed by atoms with E-state index in [0.29, 0.717) is 30.6 Å². The number of carbonyl (C=O) groups excluding carboxylic acids is 1. The minimum atomic E-state index is -4.44. The molecule has 10 heteroatoms. The summed E-state index contributed by atoms with van der Waals surface area (Å²) >= 11 is 0. The number of fused-ring (bicyclic) bond motifs is 1. The molecule has 31 heavy (non-hydrogen) atoms. The lowest BCUT2D eigenvalue weighted by atomic mass is 9.96. The maximum absolute atomic E-state index is 13.1. The summed E-state index contributed by atoms with van der Waals surface area (Å²) in [5.41, 5.74) is -0.386. The van der Waals surface area contributed by atoms with Crippen molar-refractivity contribution in [3.63, 3.8) is 0 Å². The number of halogens is 3. The lowest BCUT2D eigenvalue weighted by Gasteiger charge is -2.39. The molecule has 7 nitrogen and oxygen atoms in total. The highest BCUT2D eigenvalue weighted by molar-refractivity contribution is 5.80. The van der Waals surface area contributed by atoms with Gasteiger partial charge < -0.3 is 9.80 Å². The highest BCUT2D eigenvalue weighted by Crippen LogP contribution is 2.31. The fourth-order valence-electron chi connectivity index (χ4n) is 4.55. The topological polar surface area (TPSA) is 57.0 Å². The lowest BCUT2D eigenvalue weighted by molar-refractivity contribution is -0.138. The molecule has 2 fully saturated rings. The van der Waals surface area contributed by atoms with Crippen LogP contribution >= 0.6 is 0 Å². The number of amides is 1. The third-order valence-corrected chi connectivity index (χ3v) is 6.07. The number of rotatable bonds is 4. The van der Waals surface area contributed by atoms with E-state index in [1.807, 2.05) is 9.80 Å². The van der Waals surface area contributed by atoms with Gasteiger partial charge >= 0.3 is 6.18 Å². The number of alkyl halides is 3. The van der Waals surface area contributed by atoms with E-state index in [9.17, 15) is 18.0 Å². The minimum absolute atomic E-state index is 0.138. The second-order valence-electron chi connectivity index (χ2n) is 8.95. The fraction of sp³-hybridized carbons (Fsp3) is 0.667. The molecular weight excluding hydrogens is 409 g/mol. The van der Waals surface area contributed by atoms with Crippen LogP contribution in [0.1, 0.15) is 32.3 Å². The summed E-state index contributed by atoms with van der Waals surface area (Å²) in [6, 6.07) is 2.33. The van der Waals surface area contributed by atoms with Crippen LogP contribution in [0, 0.1) is 11.8 Å². The van der Waals surface area contributed by atoms with Gasteiger partial charge in [-0.15, -0.1) is 10.2 Å². The van der Waals surface area contributed by atoms with Crippen molar-refractivity contribution >= 4 is 17.5 Å². The average Bonchev–Trinajstić information content (AvgIpc) is 3.16. The largest absolute Gasteiger partial charge is 0.417 e. The van der Waals surface area contributed by atoms with Crippen LogP contribution in [-0.2, 0) is 11.0 Å². The van der Waals surface area contributed by atoms with Crippen LogP contribution in [0.2, 0.25) is 0 Å². The molecule has 170 valence electrons.